The number of carbonyl (C=O) groups excluding carboxylic acids is 3. The van der Waals surface area contributed by atoms with Gasteiger partial charge in [-0.2, -0.15) is 8.42 Å². The zero-order valence-corrected chi connectivity index (χ0v) is 26.7. The molecule has 5 rings (SSSR count). The number of carboxylic acids is 1. The largest absolute Gasteiger partial charge is 1.00 e. The van der Waals surface area contributed by atoms with Crippen LogP contribution in [0, 0.1) is 28.6 Å². The summed E-state index contributed by atoms with van der Waals surface area (Å²) in [7, 11) is -4.50. The SMILES string of the molecule is C[C@@H]1C[C@H]2[C@@H]3CCC4=CC(=O)C=C[C@]4(C)[C@@]3(F)[C@@H](O)C[C@]2(C)[C@@]1(O)C(=O)CO.O=C([O-])c1ccccc1S(=O)(=O)O.[Na+]. The second-order valence-electron chi connectivity index (χ2n) is 12.0. The van der Waals surface area contributed by atoms with E-state index in [1.807, 2.05) is 0 Å². The fourth-order valence-electron chi connectivity index (χ4n) is 8.12. The number of benzene rings is 1. The van der Waals surface area contributed by atoms with Gasteiger partial charge in [0.1, 0.15) is 17.1 Å². The first-order valence-electron chi connectivity index (χ1n) is 13.3. The number of hydrogen-bond acceptors (Lipinski definition) is 9. The summed E-state index contributed by atoms with van der Waals surface area (Å²) >= 11 is 0. The maximum absolute atomic E-state index is 16.9. The Hall–Kier alpha value is -1.77. The minimum Gasteiger partial charge on any atom is -0.545 e. The first-order valence-corrected chi connectivity index (χ1v) is 14.8. The van der Waals surface area contributed by atoms with Crippen LogP contribution in [-0.2, 0) is 19.7 Å². The molecule has 42 heavy (non-hydrogen) atoms. The monoisotopic (exact) mass is 616 g/mol. The van der Waals surface area contributed by atoms with Gasteiger partial charge in [-0.25, -0.2) is 4.39 Å². The minimum atomic E-state index is -4.50. The van der Waals surface area contributed by atoms with Gasteiger partial charge in [-0.05, 0) is 62.7 Å². The quantitative estimate of drug-likeness (QED) is 0.222. The molecule has 3 saturated carbocycles. The first kappa shape index (κ1) is 34.7. The third-order valence-electron chi connectivity index (χ3n) is 10.2. The van der Waals surface area contributed by atoms with Crippen LogP contribution in [0.4, 0.5) is 4.39 Å². The molecule has 0 heterocycles. The molecule has 0 amide bonds. The molecule has 8 atom stereocenters. The zero-order valence-electron chi connectivity index (χ0n) is 23.9. The Morgan fingerprint density at radius 3 is 2.33 bits per heavy atom. The number of fused-ring (bicyclic) bond motifs is 5. The number of aliphatic hydroxyl groups excluding tert-OH is 2. The summed E-state index contributed by atoms with van der Waals surface area (Å²) in [6, 6.07) is 4.66. The molecule has 1 aromatic rings. The third-order valence-corrected chi connectivity index (χ3v) is 11.1. The number of carboxylic acid groups (broad SMARTS) is 1. The number of rotatable bonds is 4. The summed E-state index contributed by atoms with van der Waals surface area (Å²) < 4.78 is 46.7. The fraction of sp³-hybridized carbons (Fsp3) is 0.552. The van der Waals surface area contributed by atoms with Crippen molar-refractivity contribution >= 4 is 27.7 Å². The van der Waals surface area contributed by atoms with Crippen LogP contribution in [-0.4, -0.2) is 69.8 Å². The number of allylic oxidation sites excluding steroid dienone is 4. The Labute approximate surface area is 265 Å². The van der Waals surface area contributed by atoms with E-state index in [1.54, 1.807) is 26.8 Å². The number of Topliss-reactive ketones (excluding diaryl/α,β-unsaturated/α-hetero) is 1. The van der Waals surface area contributed by atoms with Crippen LogP contribution in [0.5, 0.6) is 0 Å². The Morgan fingerprint density at radius 2 is 1.79 bits per heavy atom. The molecular formula is C29H34FNaO10S. The van der Waals surface area contributed by atoms with Crippen molar-refractivity contribution in [1.29, 1.82) is 0 Å². The van der Waals surface area contributed by atoms with Gasteiger partial charge >= 0.3 is 29.6 Å². The number of aromatic carboxylic acids is 1. The van der Waals surface area contributed by atoms with Gasteiger partial charge in [-0.3, -0.25) is 14.1 Å². The predicted molar refractivity (Wildman–Crippen MR) is 141 cm³/mol. The molecule has 10 nitrogen and oxygen atoms in total. The molecule has 0 aliphatic heterocycles. The van der Waals surface area contributed by atoms with Crippen molar-refractivity contribution in [1.82, 2.24) is 0 Å². The second kappa shape index (κ2) is 11.6. The molecule has 3 fully saturated rings. The first-order chi connectivity index (χ1) is 18.9. The van der Waals surface area contributed by atoms with Gasteiger partial charge in [0.05, 0.1) is 12.1 Å². The van der Waals surface area contributed by atoms with Crippen LogP contribution in [0.2, 0.25) is 0 Å². The van der Waals surface area contributed by atoms with Crippen LogP contribution in [0.1, 0.15) is 56.8 Å². The maximum Gasteiger partial charge on any atom is 1.00 e. The molecule has 0 unspecified atom stereocenters. The van der Waals surface area contributed by atoms with Crippen molar-refractivity contribution in [3.05, 3.63) is 53.6 Å². The summed E-state index contributed by atoms with van der Waals surface area (Å²) in [5.41, 5.74) is -5.72. The number of alkyl halides is 1. The van der Waals surface area contributed by atoms with Crippen molar-refractivity contribution < 1.29 is 81.7 Å². The average molecular weight is 617 g/mol. The molecule has 0 spiro atoms. The molecule has 0 radical (unpaired) electrons. The number of halogens is 1. The van der Waals surface area contributed by atoms with Crippen LogP contribution in [0.15, 0.2) is 53.0 Å². The van der Waals surface area contributed by atoms with Crippen molar-refractivity contribution in [3.8, 4) is 0 Å². The van der Waals surface area contributed by atoms with E-state index in [1.165, 1.54) is 24.3 Å². The molecule has 0 bridgehead atoms. The van der Waals surface area contributed by atoms with Crippen LogP contribution in [0.3, 0.4) is 0 Å². The number of carbonyl (C=O) groups is 3. The molecule has 13 heteroatoms. The average Bonchev–Trinajstić information content (AvgIpc) is 3.10. The minimum absolute atomic E-state index is 0. The second-order valence-corrected chi connectivity index (χ2v) is 13.4. The Kier molecular flexibility index (Phi) is 9.61. The fourth-order valence-corrected chi connectivity index (χ4v) is 8.80. The van der Waals surface area contributed by atoms with Crippen molar-refractivity contribution in [2.45, 2.75) is 68.7 Å². The third kappa shape index (κ3) is 4.97. The van der Waals surface area contributed by atoms with E-state index >= 15 is 4.39 Å². The molecule has 4 N–H and O–H groups in total. The maximum atomic E-state index is 16.9. The van der Waals surface area contributed by atoms with E-state index < -0.39 is 79.0 Å². The standard InChI is InChI=1S/C22H29FO5.C7H6O5S.Na/c1-12-8-16-15-5-4-13-9-14(25)6-7-19(13,2)21(15,23)17(26)10-20(16,3)22(12,28)18(27)11-24;8-7(9)5-3-1-2-4-6(5)13(10,11)12;/h6-7,9,12,15-17,24,26,28H,4-5,8,10-11H2,1-3H3;1-4H,(H,8,9)(H,10,11,12);/q;;+1/p-1/t12-,15+,16+,17+,19+,20+,21+,22+;;/m1../s1. The van der Waals surface area contributed by atoms with Gasteiger partial charge in [0.15, 0.2) is 17.2 Å². The molecule has 1 aromatic carbocycles. The van der Waals surface area contributed by atoms with E-state index in [2.05, 4.69) is 0 Å². The number of ketones is 2. The Morgan fingerprint density at radius 1 is 1.17 bits per heavy atom. The number of hydrogen-bond donors (Lipinski definition) is 4. The molecular weight excluding hydrogens is 582 g/mol. The van der Waals surface area contributed by atoms with Gasteiger partial charge in [0.25, 0.3) is 10.1 Å². The van der Waals surface area contributed by atoms with Gasteiger partial charge in [-0.15, -0.1) is 0 Å². The summed E-state index contributed by atoms with van der Waals surface area (Å²) in [4.78, 5) is 34.1. The van der Waals surface area contributed by atoms with Crippen LogP contribution >= 0.6 is 0 Å². The molecule has 0 aromatic heterocycles. The van der Waals surface area contributed by atoms with Crippen molar-refractivity contribution in [2.24, 2.45) is 28.6 Å². The summed E-state index contributed by atoms with van der Waals surface area (Å²) in [6.07, 6.45) is 4.44. The molecule has 4 aliphatic carbocycles. The number of aliphatic hydroxyl groups is 3. The Balaban J connectivity index is 0.000000293. The van der Waals surface area contributed by atoms with Crippen LogP contribution in [0.25, 0.3) is 0 Å². The normalized spacial score (nSPS) is 38.5. The molecule has 4 aliphatic rings. The van der Waals surface area contributed by atoms with Gasteiger partial charge in [0, 0.05) is 22.3 Å². The smallest absolute Gasteiger partial charge is 0.545 e. The summed E-state index contributed by atoms with van der Waals surface area (Å²) in [5, 5.41) is 42.3. The zero-order chi connectivity index (χ0) is 30.8. The molecule has 0 saturated heterocycles. The summed E-state index contributed by atoms with van der Waals surface area (Å²) in [5.74, 6) is -3.76. The van der Waals surface area contributed by atoms with Crippen LogP contribution < -0.4 is 34.7 Å². The topological polar surface area (TPSA) is 189 Å². The van der Waals surface area contributed by atoms with E-state index in [-0.39, 0.29) is 47.7 Å². The van der Waals surface area contributed by atoms with E-state index in [4.69, 9.17) is 4.55 Å². The van der Waals surface area contributed by atoms with Gasteiger partial charge in [0.2, 0.25) is 0 Å². The predicted octanol–water partition coefficient (Wildman–Crippen LogP) is -1.80. The van der Waals surface area contributed by atoms with Gasteiger partial charge in [-0.1, -0.05) is 43.7 Å². The van der Waals surface area contributed by atoms with Crippen molar-refractivity contribution in [2.75, 3.05) is 6.61 Å². The van der Waals surface area contributed by atoms with Crippen molar-refractivity contribution in [3.63, 3.8) is 0 Å². The van der Waals surface area contributed by atoms with E-state index in [0.29, 0.717) is 24.8 Å². The summed E-state index contributed by atoms with van der Waals surface area (Å²) in [6.45, 7) is 4.48. The van der Waals surface area contributed by atoms with E-state index in [0.717, 1.165) is 12.1 Å². The van der Waals surface area contributed by atoms with E-state index in [9.17, 15) is 43.2 Å². The Bertz CT molecular complexity index is 1460. The van der Waals surface area contributed by atoms with Gasteiger partial charge < -0.3 is 25.2 Å². The molecule has 224 valence electrons.